The number of nitrogens with one attached hydrogen (secondary N) is 1. The number of aromatic amines is 1. The molecule has 0 radical (unpaired) electrons. The van der Waals surface area contributed by atoms with Gasteiger partial charge in [0.25, 0.3) is 5.56 Å². The van der Waals surface area contributed by atoms with E-state index in [4.69, 9.17) is 0 Å². The number of benzene rings is 1. The minimum absolute atomic E-state index is 0.0764. The second-order valence-corrected chi connectivity index (χ2v) is 7.99. The summed E-state index contributed by atoms with van der Waals surface area (Å²) in [4.78, 5) is 24.2. The molecule has 0 aliphatic carbocycles. The average Bonchev–Trinajstić information content (AvgIpc) is 2.56. The zero-order valence-corrected chi connectivity index (χ0v) is 15.3. The van der Waals surface area contributed by atoms with E-state index in [1.165, 1.54) is 0 Å². The summed E-state index contributed by atoms with van der Waals surface area (Å²) in [7, 11) is 0. The number of para-hydroxylation sites is 1. The molecule has 1 saturated heterocycles. The first-order valence-electron chi connectivity index (χ1n) is 8.93. The summed E-state index contributed by atoms with van der Waals surface area (Å²) in [6.07, 6.45) is -0.322. The molecule has 1 aromatic heterocycles. The molecule has 1 aliphatic heterocycles. The predicted octanol–water partition coefficient (Wildman–Crippen LogP) is 1.45. The summed E-state index contributed by atoms with van der Waals surface area (Å²) in [6, 6.07) is 7.42. The van der Waals surface area contributed by atoms with Crippen molar-refractivity contribution >= 4 is 10.9 Å². The Balaban J connectivity index is 1.58. The Morgan fingerprint density at radius 2 is 1.80 bits per heavy atom. The molecule has 0 bridgehead atoms. The maximum atomic E-state index is 12.2. The minimum atomic E-state index is -0.322. The zero-order valence-electron chi connectivity index (χ0n) is 15.3. The van der Waals surface area contributed by atoms with Crippen molar-refractivity contribution in [2.45, 2.75) is 33.4 Å². The molecule has 0 amide bonds. The lowest BCUT2D eigenvalue weighted by molar-refractivity contribution is 0.0123. The average molecular weight is 344 g/mol. The number of aromatic nitrogens is 2. The van der Waals surface area contributed by atoms with Crippen LogP contribution in [0.1, 0.15) is 26.6 Å². The van der Waals surface area contributed by atoms with Gasteiger partial charge in [0.15, 0.2) is 0 Å². The number of hydrogen-bond acceptors (Lipinski definition) is 5. The van der Waals surface area contributed by atoms with Crippen LogP contribution in [0.3, 0.4) is 0 Å². The van der Waals surface area contributed by atoms with Gasteiger partial charge in [0.1, 0.15) is 5.82 Å². The highest BCUT2D eigenvalue weighted by Crippen LogP contribution is 2.20. The molecule has 1 atom stereocenters. The molecule has 136 valence electrons. The fraction of sp³-hybridized carbons (Fsp3) is 0.579. The molecule has 6 heteroatoms. The molecular weight excluding hydrogens is 316 g/mol. The van der Waals surface area contributed by atoms with Crippen LogP contribution in [0.5, 0.6) is 0 Å². The van der Waals surface area contributed by atoms with Crippen LogP contribution in [0.25, 0.3) is 10.9 Å². The first-order valence-corrected chi connectivity index (χ1v) is 8.93. The molecule has 1 aliphatic rings. The highest BCUT2D eigenvalue weighted by molar-refractivity contribution is 5.77. The minimum Gasteiger partial charge on any atom is -0.391 e. The first-order chi connectivity index (χ1) is 11.8. The lowest BCUT2D eigenvalue weighted by atomic mass is 9.89. The van der Waals surface area contributed by atoms with Crippen molar-refractivity contribution in [1.29, 1.82) is 0 Å². The Kier molecular flexibility index (Phi) is 5.22. The highest BCUT2D eigenvalue weighted by Gasteiger charge is 2.26. The van der Waals surface area contributed by atoms with Crippen LogP contribution in [0.15, 0.2) is 29.1 Å². The van der Waals surface area contributed by atoms with E-state index in [-0.39, 0.29) is 17.1 Å². The van der Waals surface area contributed by atoms with Gasteiger partial charge in [0, 0.05) is 32.7 Å². The number of piperazine rings is 1. The number of rotatable bonds is 4. The third kappa shape index (κ3) is 4.45. The maximum Gasteiger partial charge on any atom is 0.258 e. The standard InChI is InChI=1S/C19H28N4O2/c1-19(2,3)16(24)12-22-8-10-23(11-9-22)13-17-20-15-7-5-4-6-14(15)18(25)21-17/h4-7,16,24H,8-13H2,1-3H3,(H,20,21,25)/t16-/m0/s1. The second-order valence-electron chi connectivity index (χ2n) is 7.99. The van der Waals surface area contributed by atoms with Crippen molar-refractivity contribution < 1.29 is 5.11 Å². The van der Waals surface area contributed by atoms with Gasteiger partial charge in [0.2, 0.25) is 0 Å². The van der Waals surface area contributed by atoms with Crippen molar-refractivity contribution in [1.82, 2.24) is 19.8 Å². The van der Waals surface area contributed by atoms with Crippen molar-refractivity contribution in [3.8, 4) is 0 Å². The van der Waals surface area contributed by atoms with Gasteiger partial charge >= 0.3 is 0 Å². The predicted molar refractivity (Wildman–Crippen MR) is 99.5 cm³/mol. The van der Waals surface area contributed by atoms with E-state index in [9.17, 15) is 9.90 Å². The van der Waals surface area contributed by atoms with Gasteiger partial charge in [-0.15, -0.1) is 0 Å². The van der Waals surface area contributed by atoms with E-state index in [1.807, 2.05) is 18.2 Å². The summed E-state index contributed by atoms with van der Waals surface area (Å²) in [6.45, 7) is 11.2. The number of H-pyrrole nitrogens is 1. The molecule has 2 aromatic rings. The van der Waals surface area contributed by atoms with E-state index in [2.05, 4.69) is 40.5 Å². The fourth-order valence-electron chi connectivity index (χ4n) is 3.07. The summed E-state index contributed by atoms with van der Waals surface area (Å²) in [5.41, 5.74) is 0.576. The van der Waals surface area contributed by atoms with Crippen LogP contribution in [-0.4, -0.2) is 63.7 Å². The van der Waals surface area contributed by atoms with Crippen molar-refractivity contribution in [3.05, 3.63) is 40.4 Å². The van der Waals surface area contributed by atoms with Crippen LogP contribution in [0.2, 0.25) is 0 Å². The normalized spacial score (nSPS) is 18.6. The molecule has 3 rings (SSSR count). The Labute approximate surface area is 148 Å². The van der Waals surface area contributed by atoms with Gasteiger partial charge < -0.3 is 10.1 Å². The third-order valence-electron chi connectivity index (χ3n) is 4.93. The Bertz CT molecular complexity index is 773. The molecule has 6 nitrogen and oxygen atoms in total. The SMILES string of the molecule is CC(C)(C)[C@@H](O)CN1CCN(Cc2nc3ccccc3c(=O)[nH]2)CC1. The smallest absolute Gasteiger partial charge is 0.258 e. The largest absolute Gasteiger partial charge is 0.391 e. The molecule has 2 N–H and O–H groups in total. The van der Waals surface area contributed by atoms with Crippen molar-refractivity contribution in [3.63, 3.8) is 0 Å². The summed E-state index contributed by atoms with van der Waals surface area (Å²) in [5.74, 6) is 0.715. The molecule has 1 aromatic carbocycles. The molecular formula is C19H28N4O2. The quantitative estimate of drug-likeness (QED) is 0.878. The van der Waals surface area contributed by atoms with Gasteiger partial charge in [-0.3, -0.25) is 14.6 Å². The van der Waals surface area contributed by atoms with E-state index >= 15 is 0 Å². The number of aliphatic hydroxyl groups is 1. The zero-order chi connectivity index (χ0) is 18.0. The highest BCUT2D eigenvalue weighted by atomic mass is 16.3. The topological polar surface area (TPSA) is 72.5 Å². The van der Waals surface area contributed by atoms with E-state index in [0.29, 0.717) is 24.3 Å². The molecule has 2 heterocycles. The second kappa shape index (κ2) is 7.23. The summed E-state index contributed by atoms with van der Waals surface area (Å²) >= 11 is 0. The summed E-state index contributed by atoms with van der Waals surface area (Å²) in [5, 5.41) is 10.9. The number of aliphatic hydroxyl groups excluding tert-OH is 1. The molecule has 0 saturated carbocycles. The Hall–Kier alpha value is -1.76. The Morgan fingerprint density at radius 3 is 2.48 bits per heavy atom. The molecule has 0 unspecified atom stereocenters. The Morgan fingerprint density at radius 1 is 1.16 bits per heavy atom. The lowest BCUT2D eigenvalue weighted by Crippen LogP contribution is -2.50. The van der Waals surface area contributed by atoms with Crippen LogP contribution >= 0.6 is 0 Å². The van der Waals surface area contributed by atoms with E-state index in [0.717, 1.165) is 31.7 Å². The fourth-order valence-corrected chi connectivity index (χ4v) is 3.07. The summed E-state index contributed by atoms with van der Waals surface area (Å²) < 4.78 is 0. The molecule has 1 fully saturated rings. The number of hydrogen-bond donors (Lipinski definition) is 2. The maximum absolute atomic E-state index is 12.2. The first kappa shape index (κ1) is 18.0. The van der Waals surface area contributed by atoms with Crippen LogP contribution in [-0.2, 0) is 6.54 Å². The van der Waals surface area contributed by atoms with Crippen molar-refractivity contribution in [2.75, 3.05) is 32.7 Å². The number of nitrogens with zero attached hydrogens (tertiary/aromatic N) is 3. The number of fused-ring (bicyclic) bond motifs is 1. The van der Waals surface area contributed by atoms with Crippen LogP contribution in [0, 0.1) is 5.41 Å². The van der Waals surface area contributed by atoms with E-state index < -0.39 is 0 Å². The van der Waals surface area contributed by atoms with Gasteiger partial charge in [-0.05, 0) is 17.5 Å². The third-order valence-corrected chi connectivity index (χ3v) is 4.93. The molecule has 0 spiro atoms. The van der Waals surface area contributed by atoms with Gasteiger partial charge in [-0.2, -0.15) is 0 Å². The van der Waals surface area contributed by atoms with Gasteiger partial charge in [-0.25, -0.2) is 4.98 Å². The van der Waals surface area contributed by atoms with Crippen molar-refractivity contribution in [2.24, 2.45) is 5.41 Å². The van der Waals surface area contributed by atoms with Gasteiger partial charge in [0.05, 0.1) is 23.6 Å². The van der Waals surface area contributed by atoms with E-state index in [1.54, 1.807) is 6.07 Å². The lowest BCUT2D eigenvalue weighted by Gasteiger charge is -2.37. The number of β-amino-alcohol motifs (C(OH)–C–C–N with tert-alkyl or cyclic N) is 1. The monoisotopic (exact) mass is 344 g/mol. The van der Waals surface area contributed by atoms with Gasteiger partial charge in [-0.1, -0.05) is 32.9 Å². The molecule has 25 heavy (non-hydrogen) atoms. The van der Waals surface area contributed by atoms with Crippen LogP contribution < -0.4 is 5.56 Å². The van der Waals surface area contributed by atoms with Crippen LogP contribution in [0.4, 0.5) is 0 Å².